The summed E-state index contributed by atoms with van der Waals surface area (Å²) in [5.74, 6) is 0.801. The first-order chi connectivity index (χ1) is 13.0. The number of fused-ring (bicyclic) bond motifs is 2. The number of carbonyl (C=O) groups excluding carboxylic acids is 1. The van der Waals surface area contributed by atoms with Crippen LogP contribution in [0.2, 0.25) is 0 Å². The van der Waals surface area contributed by atoms with E-state index >= 15 is 0 Å². The fourth-order valence-corrected chi connectivity index (χ4v) is 4.52. The van der Waals surface area contributed by atoms with Crippen LogP contribution in [0.5, 0.6) is 0 Å². The molecule has 4 rings (SSSR count). The van der Waals surface area contributed by atoms with Crippen LogP contribution < -0.4 is 10.9 Å². The van der Waals surface area contributed by atoms with Gasteiger partial charge in [0.15, 0.2) is 5.16 Å². The summed E-state index contributed by atoms with van der Waals surface area (Å²) in [4.78, 5) is 29.8. The zero-order chi connectivity index (χ0) is 19.0. The van der Waals surface area contributed by atoms with Crippen LogP contribution >= 0.6 is 11.8 Å². The van der Waals surface area contributed by atoms with E-state index in [2.05, 4.69) is 10.3 Å². The summed E-state index contributed by atoms with van der Waals surface area (Å²) in [6.07, 6.45) is 0.256. The molecule has 2 aromatic carbocycles. The highest BCUT2D eigenvalue weighted by atomic mass is 32.2. The lowest BCUT2D eigenvalue weighted by molar-refractivity contribution is -0.116. The maximum Gasteiger partial charge on any atom is 0.254 e. The maximum atomic E-state index is 12.7. The average molecular weight is 379 g/mol. The van der Waals surface area contributed by atoms with Gasteiger partial charge in [-0.3, -0.25) is 14.2 Å². The number of nitrogens with one attached hydrogen (secondary N) is 1. The molecule has 1 unspecified atom stereocenters. The topological polar surface area (TPSA) is 64.0 Å². The summed E-state index contributed by atoms with van der Waals surface area (Å²) < 4.78 is 1.67. The van der Waals surface area contributed by atoms with Crippen molar-refractivity contribution in [1.82, 2.24) is 9.55 Å². The molecule has 0 saturated heterocycles. The molecule has 1 aliphatic rings. The zero-order valence-corrected chi connectivity index (χ0v) is 16.1. The molecule has 0 spiro atoms. The van der Waals surface area contributed by atoms with Gasteiger partial charge in [0.1, 0.15) is 0 Å². The summed E-state index contributed by atoms with van der Waals surface area (Å²) in [6.45, 7) is 4.04. The quantitative estimate of drug-likeness (QED) is 0.690. The molecule has 6 heteroatoms. The van der Waals surface area contributed by atoms with Crippen LogP contribution in [0.3, 0.4) is 0 Å². The molecule has 1 amide bonds. The third kappa shape index (κ3) is 3.49. The Hall–Kier alpha value is -2.60. The predicted molar refractivity (Wildman–Crippen MR) is 110 cm³/mol. The van der Waals surface area contributed by atoms with Gasteiger partial charge in [0.2, 0.25) is 5.91 Å². The molecule has 3 aromatic rings. The van der Waals surface area contributed by atoms with Gasteiger partial charge in [0.05, 0.1) is 11.7 Å². The van der Waals surface area contributed by atoms with E-state index in [4.69, 9.17) is 0 Å². The Balaban J connectivity index is 1.54. The summed E-state index contributed by atoms with van der Waals surface area (Å²) in [7, 11) is 0. The highest BCUT2D eigenvalue weighted by Gasteiger charge is 2.28. The van der Waals surface area contributed by atoms with Crippen LogP contribution in [0.15, 0.2) is 58.5 Å². The van der Waals surface area contributed by atoms with Crippen LogP contribution in [0, 0.1) is 0 Å². The first-order valence-electron chi connectivity index (χ1n) is 9.07. The Morgan fingerprint density at radius 3 is 2.85 bits per heavy atom. The smallest absolute Gasteiger partial charge is 0.254 e. The van der Waals surface area contributed by atoms with E-state index in [-0.39, 0.29) is 29.8 Å². The van der Waals surface area contributed by atoms with Gasteiger partial charge in [-0.25, -0.2) is 4.98 Å². The molecule has 1 atom stereocenters. The van der Waals surface area contributed by atoms with Crippen molar-refractivity contribution in [3.05, 3.63) is 64.6 Å². The van der Waals surface area contributed by atoms with Gasteiger partial charge >= 0.3 is 0 Å². The largest absolute Gasteiger partial charge is 0.325 e. The Morgan fingerprint density at radius 2 is 2.04 bits per heavy atom. The molecular weight excluding hydrogens is 358 g/mol. The maximum absolute atomic E-state index is 12.7. The second kappa shape index (κ2) is 7.19. The first-order valence-corrected chi connectivity index (χ1v) is 10.1. The van der Waals surface area contributed by atoms with E-state index in [0.29, 0.717) is 10.9 Å². The van der Waals surface area contributed by atoms with E-state index in [1.807, 2.05) is 56.3 Å². The fraction of sp³-hybridized carbons (Fsp3) is 0.286. The minimum Gasteiger partial charge on any atom is -0.325 e. The highest BCUT2D eigenvalue weighted by Crippen LogP contribution is 2.33. The summed E-state index contributed by atoms with van der Waals surface area (Å²) in [6, 6.07) is 15.2. The van der Waals surface area contributed by atoms with Gasteiger partial charge in [0, 0.05) is 29.3 Å². The second-order valence-electron chi connectivity index (χ2n) is 7.07. The number of carbonyl (C=O) groups is 1. The molecule has 0 saturated carbocycles. The molecule has 0 aliphatic carbocycles. The first kappa shape index (κ1) is 17.8. The third-order valence-electron chi connectivity index (χ3n) is 4.79. The third-order valence-corrected chi connectivity index (χ3v) is 5.88. The number of rotatable bonds is 4. The molecule has 1 aromatic heterocycles. The Bertz CT molecular complexity index is 1070. The van der Waals surface area contributed by atoms with Crippen molar-refractivity contribution in [2.24, 2.45) is 0 Å². The molecule has 1 aliphatic heterocycles. The Kier molecular flexibility index (Phi) is 4.74. The van der Waals surface area contributed by atoms with Gasteiger partial charge < -0.3 is 5.32 Å². The van der Waals surface area contributed by atoms with Crippen molar-refractivity contribution < 1.29 is 4.79 Å². The Labute approximate surface area is 161 Å². The van der Waals surface area contributed by atoms with Gasteiger partial charge in [-0.05, 0) is 17.4 Å². The lowest BCUT2D eigenvalue weighted by atomic mass is 10.1. The van der Waals surface area contributed by atoms with Crippen LogP contribution in [0.25, 0.3) is 10.8 Å². The average Bonchev–Trinajstić information content (AvgIpc) is 3.05. The van der Waals surface area contributed by atoms with E-state index in [1.165, 1.54) is 0 Å². The molecule has 2 heterocycles. The number of amides is 1. The van der Waals surface area contributed by atoms with Crippen LogP contribution in [-0.2, 0) is 4.79 Å². The van der Waals surface area contributed by atoms with Crippen molar-refractivity contribution in [1.29, 1.82) is 0 Å². The molecule has 27 heavy (non-hydrogen) atoms. The summed E-state index contributed by atoms with van der Waals surface area (Å²) in [5.41, 5.74) is 1.53. The summed E-state index contributed by atoms with van der Waals surface area (Å²) in [5, 5.41) is 5.82. The SMILES string of the molecule is CC(C)c1cc(=O)n2c(n1)SCC2CC(=O)Nc1cccc2ccccc12. The highest BCUT2D eigenvalue weighted by molar-refractivity contribution is 7.99. The monoisotopic (exact) mass is 379 g/mol. The van der Waals surface area contributed by atoms with Gasteiger partial charge in [-0.2, -0.15) is 0 Å². The number of thioether (sulfide) groups is 1. The van der Waals surface area contributed by atoms with Crippen LogP contribution in [0.1, 0.15) is 37.9 Å². The number of hydrogen-bond acceptors (Lipinski definition) is 4. The van der Waals surface area contributed by atoms with E-state index in [0.717, 1.165) is 22.2 Å². The lowest BCUT2D eigenvalue weighted by Crippen LogP contribution is -2.28. The molecule has 0 radical (unpaired) electrons. The Morgan fingerprint density at radius 1 is 1.26 bits per heavy atom. The number of benzene rings is 2. The van der Waals surface area contributed by atoms with Crippen molar-refractivity contribution in [2.75, 3.05) is 11.1 Å². The number of anilines is 1. The molecule has 1 N–H and O–H groups in total. The van der Waals surface area contributed by atoms with E-state index in [9.17, 15) is 9.59 Å². The second-order valence-corrected chi connectivity index (χ2v) is 8.06. The number of aromatic nitrogens is 2. The molecular formula is C21H21N3O2S. The van der Waals surface area contributed by atoms with Crippen LogP contribution in [-0.4, -0.2) is 21.2 Å². The van der Waals surface area contributed by atoms with Crippen molar-refractivity contribution in [2.45, 2.75) is 37.4 Å². The minimum atomic E-state index is -0.166. The molecule has 5 nitrogen and oxygen atoms in total. The lowest BCUT2D eigenvalue weighted by Gasteiger charge is -2.15. The molecule has 0 fully saturated rings. The van der Waals surface area contributed by atoms with Crippen molar-refractivity contribution in [3.63, 3.8) is 0 Å². The standard InChI is InChI=1S/C21H21N3O2S/c1-13(2)18-11-20(26)24-15(12-27-21(24)23-18)10-19(25)22-17-9-5-7-14-6-3-4-8-16(14)17/h3-9,11,13,15H,10,12H2,1-2H3,(H,22,25). The summed E-state index contributed by atoms with van der Waals surface area (Å²) >= 11 is 1.54. The zero-order valence-electron chi connectivity index (χ0n) is 15.3. The van der Waals surface area contributed by atoms with E-state index < -0.39 is 0 Å². The van der Waals surface area contributed by atoms with Gasteiger partial charge in [-0.15, -0.1) is 0 Å². The molecule has 0 bridgehead atoms. The normalized spacial score (nSPS) is 15.9. The fourth-order valence-electron chi connectivity index (χ4n) is 3.37. The van der Waals surface area contributed by atoms with Crippen LogP contribution in [0.4, 0.5) is 5.69 Å². The predicted octanol–water partition coefficient (Wildman–Crippen LogP) is 4.20. The van der Waals surface area contributed by atoms with Gasteiger partial charge in [0.25, 0.3) is 5.56 Å². The minimum absolute atomic E-state index is 0.0725. The number of hydrogen-bond donors (Lipinski definition) is 1. The molecule has 138 valence electrons. The van der Waals surface area contributed by atoms with Crippen molar-refractivity contribution >= 4 is 34.1 Å². The van der Waals surface area contributed by atoms with Gasteiger partial charge in [-0.1, -0.05) is 62.0 Å². The van der Waals surface area contributed by atoms with Crippen molar-refractivity contribution in [3.8, 4) is 0 Å². The number of nitrogens with zero attached hydrogens (tertiary/aromatic N) is 2. The van der Waals surface area contributed by atoms with E-state index in [1.54, 1.807) is 22.4 Å².